The number of unbranched alkanes of at least 4 members (excludes halogenated alkanes) is 1. The van der Waals surface area contributed by atoms with Crippen molar-refractivity contribution in [3.63, 3.8) is 0 Å². The summed E-state index contributed by atoms with van der Waals surface area (Å²) in [5, 5.41) is 8.91. The van der Waals surface area contributed by atoms with E-state index in [0.717, 1.165) is 32.4 Å². The van der Waals surface area contributed by atoms with Crippen molar-refractivity contribution in [1.29, 1.82) is 0 Å². The Morgan fingerprint density at radius 3 is 2.93 bits per heavy atom. The normalized spacial score (nSPS) is 27.4. The Morgan fingerprint density at radius 2 is 2.43 bits per heavy atom. The molecule has 0 amide bonds. The molecule has 0 aromatic carbocycles. The second-order valence-electron chi connectivity index (χ2n) is 3.82. The van der Waals surface area contributed by atoms with Crippen LogP contribution in [0.2, 0.25) is 0 Å². The van der Waals surface area contributed by atoms with Crippen molar-refractivity contribution >= 4 is 5.97 Å². The van der Waals surface area contributed by atoms with Crippen LogP contribution in [0.3, 0.4) is 0 Å². The lowest BCUT2D eigenvalue weighted by Gasteiger charge is -2.22. The van der Waals surface area contributed by atoms with Crippen LogP contribution in [0.1, 0.15) is 26.2 Å². The summed E-state index contributed by atoms with van der Waals surface area (Å²) >= 11 is 0. The van der Waals surface area contributed by atoms with Crippen LogP contribution in [0.4, 0.5) is 0 Å². The predicted octanol–water partition coefficient (Wildman–Crippen LogP) is 1.19. The maximum absolute atomic E-state index is 10.8. The van der Waals surface area contributed by atoms with Gasteiger partial charge >= 0.3 is 5.97 Å². The summed E-state index contributed by atoms with van der Waals surface area (Å²) in [6.07, 6.45) is 7.68. The summed E-state index contributed by atoms with van der Waals surface area (Å²) in [5.41, 5.74) is 0. The smallest absolute Gasteiger partial charge is 0.308 e. The van der Waals surface area contributed by atoms with Gasteiger partial charge in [-0.25, -0.2) is 0 Å². The monoisotopic (exact) mass is 195 g/mol. The van der Waals surface area contributed by atoms with Gasteiger partial charge in [-0.3, -0.25) is 9.69 Å². The minimum Gasteiger partial charge on any atom is -0.481 e. The van der Waals surface area contributed by atoms with Crippen LogP contribution in [-0.2, 0) is 4.79 Å². The number of terminal acetylenes is 1. The molecule has 0 spiro atoms. The number of aliphatic carboxylic acids is 1. The zero-order chi connectivity index (χ0) is 10.6. The van der Waals surface area contributed by atoms with Gasteiger partial charge < -0.3 is 5.11 Å². The van der Waals surface area contributed by atoms with E-state index >= 15 is 0 Å². The zero-order valence-corrected chi connectivity index (χ0v) is 8.57. The highest BCUT2D eigenvalue weighted by Crippen LogP contribution is 2.24. The summed E-state index contributed by atoms with van der Waals surface area (Å²) in [5.74, 6) is 1.73. The van der Waals surface area contributed by atoms with Gasteiger partial charge in [-0.1, -0.05) is 0 Å². The van der Waals surface area contributed by atoms with E-state index in [1.807, 2.05) is 6.92 Å². The lowest BCUT2D eigenvalue weighted by molar-refractivity contribution is -0.142. The number of carbonyl (C=O) groups is 1. The molecule has 1 heterocycles. The molecule has 14 heavy (non-hydrogen) atoms. The first-order valence-electron chi connectivity index (χ1n) is 5.07. The van der Waals surface area contributed by atoms with E-state index in [4.69, 9.17) is 11.5 Å². The maximum atomic E-state index is 10.8. The molecule has 2 atom stereocenters. The van der Waals surface area contributed by atoms with Crippen LogP contribution in [0.5, 0.6) is 0 Å². The summed E-state index contributed by atoms with van der Waals surface area (Å²) < 4.78 is 0. The molecule has 3 heteroatoms. The molecule has 2 unspecified atom stereocenters. The van der Waals surface area contributed by atoms with Crippen LogP contribution in [0.15, 0.2) is 0 Å². The second-order valence-corrected chi connectivity index (χ2v) is 3.82. The van der Waals surface area contributed by atoms with Crippen molar-refractivity contribution in [2.75, 3.05) is 13.1 Å². The lowest BCUT2D eigenvalue weighted by Crippen LogP contribution is -2.33. The van der Waals surface area contributed by atoms with E-state index in [1.165, 1.54) is 0 Å². The van der Waals surface area contributed by atoms with Gasteiger partial charge in [-0.2, -0.15) is 0 Å². The van der Waals surface area contributed by atoms with Crippen molar-refractivity contribution in [2.45, 2.75) is 32.2 Å². The van der Waals surface area contributed by atoms with E-state index in [1.54, 1.807) is 0 Å². The highest BCUT2D eigenvalue weighted by Gasteiger charge is 2.34. The molecular formula is C11H17NO2. The molecule has 1 N–H and O–H groups in total. The first-order valence-corrected chi connectivity index (χ1v) is 5.07. The number of carboxylic acids is 1. The highest BCUT2D eigenvalue weighted by molar-refractivity contribution is 5.71. The maximum Gasteiger partial charge on any atom is 0.308 e. The van der Waals surface area contributed by atoms with Crippen molar-refractivity contribution in [1.82, 2.24) is 4.90 Å². The first-order chi connectivity index (χ1) is 6.66. The Bertz CT molecular complexity index is 244. The van der Waals surface area contributed by atoms with E-state index in [9.17, 15) is 4.79 Å². The van der Waals surface area contributed by atoms with Gasteiger partial charge in [0.25, 0.3) is 0 Å². The molecule has 0 aromatic rings. The lowest BCUT2D eigenvalue weighted by atomic mass is 10.0. The minimum absolute atomic E-state index is 0.158. The number of hydrogen-bond donors (Lipinski definition) is 1. The summed E-state index contributed by atoms with van der Waals surface area (Å²) in [7, 11) is 0. The van der Waals surface area contributed by atoms with E-state index < -0.39 is 5.97 Å². The van der Waals surface area contributed by atoms with Gasteiger partial charge in [-0.15, -0.1) is 12.3 Å². The third-order valence-corrected chi connectivity index (χ3v) is 2.97. The SMILES string of the molecule is C#CCCCN1CCC(C(=O)O)C1C. The molecule has 3 nitrogen and oxygen atoms in total. The Hall–Kier alpha value is -1.01. The van der Waals surface area contributed by atoms with Crippen LogP contribution in [-0.4, -0.2) is 35.1 Å². The zero-order valence-electron chi connectivity index (χ0n) is 8.57. The summed E-state index contributed by atoms with van der Waals surface area (Å²) in [4.78, 5) is 13.0. The van der Waals surface area contributed by atoms with Gasteiger partial charge in [0.05, 0.1) is 5.92 Å². The van der Waals surface area contributed by atoms with Crippen molar-refractivity contribution in [2.24, 2.45) is 5.92 Å². The fourth-order valence-electron chi connectivity index (χ4n) is 2.03. The number of likely N-dealkylation sites (tertiary alicyclic amines) is 1. The average molecular weight is 195 g/mol. The number of hydrogen-bond acceptors (Lipinski definition) is 2. The number of carboxylic acid groups (broad SMARTS) is 1. The van der Waals surface area contributed by atoms with Gasteiger partial charge in [0.1, 0.15) is 0 Å². The van der Waals surface area contributed by atoms with Crippen LogP contribution >= 0.6 is 0 Å². The van der Waals surface area contributed by atoms with Gasteiger partial charge in [0.15, 0.2) is 0 Å². The van der Waals surface area contributed by atoms with Crippen molar-refractivity contribution in [3.8, 4) is 12.3 Å². The average Bonchev–Trinajstić information content (AvgIpc) is 2.48. The van der Waals surface area contributed by atoms with Gasteiger partial charge in [-0.05, 0) is 32.9 Å². The first kappa shape index (κ1) is 11.1. The minimum atomic E-state index is -0.669. The Labute approximate surface area is 85.1 Å². The Balaban J connectivity index is 2.36. The third-order valence-electron chi connectivity index (χ3n) is 2.97. The van der Waals surface area contributed by atoms with Crippen LogP contribution in [0, 0.1) is 18.3 Å². The third kappa shape index (κ3) is 2.49. The molecule has 0 aliphatic carbocycles. The van der Waals surface area contributed by atoms with Crippen molar-refractivity contribution < 1.29 is 9.90 Å². The quantitative estimate of drug-likeness (QED) is 0.541. The Morgan fingerprint density at radius 1 is 1.71 bits per heavy atom. The molecule has 1 aliphatic heterocycles. The Kier molecular flexibility index (Phi) is 3.97. The standard InChI is InChI=1S/C11H17NO2/c1-3-4-5-7-12-8-6-10(9(12)2)11(13)14/h1,9-10H,4-8H2,2H3,(H,13,14). The van der Waals surface area contributed by atoms with Crippen molar-refractivity contribution in [3.05, 3.63) is 0 Å². The molecule has 1 aliphatic rings. The van der Waals surface area contributed by atoms with Gasteiger partial charge in [0, 0.05) is 12.5 Å². The molecule has 0 bridgehead atoms. The summed E-state index contributed by atoms with van der Waals surface area (Å²) in [6.45, 7) is 3.81. The molecular weight excluding hydrogens is 178 g/mol. The predicted molar refractivity (Wildman–Crippen MR) is 54.8 cm³/mol. The number of rotatable bonds is 4. The fourth-order valence-corrected chi connectivity index (χ4v) is 2.03. The van der Waals surface area contributed by atoms with E-state index in [0.29, 0.717) is 0 Å². The number of nitrogens with zero attached hydrogens (tertiary/aromatic N) is 1. The molecule has 0 radical (unpaired) electrons. The molecule has 0 aromatic heterocycles. The molecule has 0 saturated carbocycles. The van der Waals surface area contributed by atoms with Crippen LogP contribution in [0.25, 0.3) is 0 Å². The molecule has 1 rings (SSSR count). The second kappa shape index (κ2) is 5.02. The highest BCUT2D eigenvalue weighted by atomic mass is 16.4. The van der Waals surface area contributed by atoms with E-state index in [2.05, 4.69) is 10.8 Å². The fraction of sp³-hybridized carbons (Fsp3) is 0.727. The largest absolute Gasteiger partial charge is 0.481 e. The molecule has 1 fully saturated rings. The topological polar surface area (TPSA) is 40.5 Å². The molecule has 1 saturated heterocycles. The molecule has 78 valence electrons. The van der Waals surface area contributed by atoms with E-state index in [-0.39, 0.29) is 12.0 Å². The summed E-state index contributed by atoms with van der Waals surface area (Å²) in [6, 6.07) is 0.158. The van der Waals surface area contributed by atoms with Gasteiger partial charge in [0.2, 0.25) is 0 Å². The van der Waals surface area contributed by atoms with Crippen LogP contribution < -0.4 is 0 Å².